The smallest absolute Gasteiger partial charge is 0.275 e. The fourth-order valence-electron chi connectivity index (χ4n) is 2.88. The van der Waals surface area contributed by atoms with Gasteiger partial charge in [0.05, 0.1) is 5.56 Å². The summed E-state index contributed by atoms with van der Waals surface area (Å²) in [4.78, 5) is 38.4. The molecule has 0 bridgehead atoms. The Kier molecular flexibility index (Phi) is 5.15. The molecule has 0 aliphatic heterocycles. The lowest BCUT2D eigenvalue weighted by molar-refractivity contribution is 0.100. The second-order valence-electron chi connectivity index (χ2n) is 6.03. The number of carbonyl (C=O) groups is 2. The lowest BCUT2D eigenvalue weighted by Crippen LogP contribution is -2.17. The van der Waals surface area contributed by atoms with E-state index >= 15 is 0 Å². The van der Waals surface area contributed by atoms with Crippen molar-refractivity contribution >= 4 is 39.5 Å². The summed E-state index contributed by atoms with van der Waals surface area (Å²) in [5.74, 6) is -0.570. The average molecular weight is 422 g/mol. The van der Waals surface area contributed by atoms with E-state index in [0.29, 0.717) is 21.4 Å². The van der Waals surface area contributed by atoms with Gasteiger partial charge in [-0.05, 0) is 18.6 Å². The maximum atomic E-state index is 12.7. The molecule has 9 heteroatoms. The maximum absolute atomic E-state index is 12.7. The molecule has 144 valence electrons. The second kappa shape index (κ2) is 7.90. The number of carbonyl (C=O) groups excluding carboxylic acids is 2. The molecule has 1 aromatic carbocycles. The second-order valence-corrected chi connectivity index (χ2v) is 8.11. The van der Waals surface area contributed by atoms with E-state index in [4.69, 9.17) is 5.73 Å². The normalized spacial score (nSPS) is 10.7. The van der Waals surface area contributed by atoms with Crippen molar-refractivity contribution in [3.63, 3.8) is 0 Å². The summed E-state index contributed by atoms with van der Waals surface area (Å²) < 4.78 is 0. The minimum Gasteiger partial charge on any atom is -0.365 e. The van der Waals surface area contributed by atoms with Gasteiger partial charge in [0, 0.05) is 28.2 Å². The minimum atomic E-state index is -0.597. The zero-order valence-electron chi connectivity index (χ0n) is 15.2. The van der Waals surface area contributed by atoms with Crippen LogP contribution in [-0.2, 0) is 0 Å². The van der Waals surface area contributed by atoms with Crippen LogP contribution in [-0.4, -0.2) is 26.8 Å². The number of nitrogens with two attached hydrogens (primary N) is 1. The van der Waals surface area contributed by atoms with Crippen molar-refractivity contribution in [1.29, 1.82) is 0 Å². The van der Waals surface area contributed by atoms with Gasteiger partial charge in [-0.15, -0.1) is 22.7 Å². The Labute approximate surface area is 174 Å². The zero-order chi connectivity index (χ0) is 20.4. The molecule has 0 unspecified atom stereocenters. The van der Waals surface area contributed by atoms with Gasteiger partial charge in [0.2, 0.25) is 0 Å². The number of benzene rings is 1. The number of anilines is 1. The molecule has 4 rings (SSSR count). The first-order valence-electron chi connectivity index (χ1n) is 8.57. The number of thiazole rings is 1. The molecule has 3 aromatic heterocycles. The number of thiophene rings is 1. The number of nitrogens with zero attached hydrogens (tertiary/aromatic N) is 3. The van der Waals surface area contributed by atoms with E-state index in [0.717, 1.165) is 16.0 Å². The highest BCUT2D eigenvalue weighted by molar-refractivity contribution is 7.17. The van der Waals surface area contributed by atoms with Gasteiger partial charge in [0.15, 0.2) is 10.8 Å². The molecular formula is C20H15N5O2S2. The number of primary amides is 1. The van der Waals surface area contributed by atoms with Crippen LogP contribution < -0.4 is 11.1 Å². The SMILES string of the molecule is Cc1sc(NC(=O)c2csc(-c3ncccn3)n2)c(C(N)=O)c1-c1ccccc1. The number of rotatable bonds is 5. The molecular weight excluding hydrogens is 406 g/mol. The first kappa shape index (κ1) is 18.9. The molecule has 0 radical (unpaired) electrons. The monoisotopic (exact) mass is 421 g/mol. The van der Waals surface area contributed by atoms with Crippen molar-refractivity contribution in [1.82, 2.24) is 15.0 Å². The van der Waals surface area contributed by atoms with Crippen LogP contribution in [0.1, 0.15) is 25.7 Å². The van der Waals surface area contributed by atoms with Gasteiger partial charge in [-0.2, -0.15) is 0 Å². The Bertz CT molecular complexity index is 1190. The standard InChI is InChI=1S/C20H15N5O2S2/c1-11-14(12-6-3-2-4-7-12)15(16(21)26)19(29-11)25-18(27)13-10-28-20(24-13)17-22-8-5-9-23-17/h2-10H,1H3,(H2,21,26)(H,25,27). The molecule has 0 spiro atoms. The molecule has 0 aliphatic carbocycles. The van der Waals surface area contributed by atoms with Crippen LogP contribution in [0.25, 0.3) is 22.0 Å². The van der Waals surface area contributed by atoms with E-state index in [1.54, 1.807) is 23.8 Å². The van der Waals surface area contributed by atoms with Gasteiger partial charge in [-0.1, -0.05) is 30.3 Å². The van der Waals surface area contributed by atoms with Crippen molar-refractivity contribution < 1.29 is 9.59 Å². The number of aromatic nitrogens is 3. The highest BCUT2D eigenvalue weighted by atomic mass is 32.1. The van der Waals surface area contributed by atoms with E-state index in [9.17, 15) is 9.59 Å². The number of aryl methyl sites for hydroxylation is 1. The molecule has 0 saturated heterocycles. The Hall–Kier alpha value is -3.43. The van der Waals surface area contributed by atoms with E-state index in [1.807, 2.05) is 37.3 Å². The van der Waals surface area contributed by atoms with Gasteiger partial charge < -0.3 is 11.1 Å². The highest BCUT2D eigenvalue weighted by Gasteiger charge is 2.24. The lowest BCUT2D eigenvalue weighted by atomic mass is 10.0. The van der Waals surface area contributed by atoms with Crippen LogP contribution in [0.2, 0.25) is 0 Å². The van der Waals surface area contributed by atoms with E-state index in [2.05, 4.69) is 20.3 Å². The summed E-state index contributed by atoms with van der Waals surface area (Å²) in [5.41, 5.74) is 7.77. The minimum absolute atomic E-state index is 0.222. The van der Waals surface area contributed by atoms with Crippen LogP contribution in [0.5, 0.6) is 0 Å². The Balaban J connectivity index is 1.66. The predicted octanol–water partition coefficient (Wildman–Crippen LogP) is 3.99. The van der Waals surface area contributed by atoms with Gasteiger partial charge in [-0.25, -0.2) is 15.0 Å². The van der Waals surface area contributed by atoms with E-state index in [1.165, 1.54) is 22.7 Å². The molecule has 0 aliphatic rings. The van der Waals surface area contributed by atoms with Crippen molar-refractivity contribution in [2.45, 2.75) is 6.92 Å². The Morgan fingerprint density at radius 1 is 1.07 bits per heavy atom. The molecule has 0 atom stereocenters. The summed E-state index contributed by atoms with van der Waals surface area (Å²) in [6, 6.07) is 11.2. The van der Waals surface area contributed by atoms with Gasteiger partial charge in [0.25, 0.3) is 11.8 Å². The summed E-state index contributed by atoms with van der Waals surface area (Å²) in [7, 11) is 0. The highest BCUT2D eigenvalue weighted by Crippen LogP contribution is 2.39. The summed E-state index contributed by atoms with van der Waals surface area (Å²) in [6.45, 7) is 1.89. The number of amides is 2. The van der Waals surface area contributed by atoms with Gasteiger partial charge in [-0.3, -0.25) is 9.59 Å². The van der Waals surface area contributed by atoms with E-state index < -0.39 is 11.8 Å². The fraction of sp³-hybridized carbons (Fsp3) is 0.0500. The Morgan fingerprint density at radius 2 is 1.79 bits per heavy atom. The third-order valence-electron chi connectivity index (χ3n) is 4.11. The molecule has 4 aromatic rings. The van der Waals surface area contributed by atoms with Crippen molar-refractivity contribution in [3.8, 4) is 22.0 Å². The summed E-state index contributed by atoms with van der Waals surface area (Å²) in [6.07, 6.45) is 3.23. The molecule has 2 amide bonds. The number of hydrogen-bond acceptors (Lipinski definition) is 7. The predicted molar refractivity (Wildman–Crippen MR) is 114 cm³/mol. The first-order valence-corrected chi connectivity index (χ1v) is 10.3. The van der Waals surface area contributed by atoms with Gasteiger partial charge in [0.1, 0.15) is 10.7 Å². The number of hydrogen-bond donors (Lipinski definition) is 2. The van der Waals surface area contributed by atoms with Crippen LogP contribution in [0.4, 0.5) is 5.00 Å². The molecule has 0 saturated carbocycles. The van der Waals surface area contributed by atoms with Crippen LogP contribution in [0, 0.1) is 6.92 Å². The van der Waals surface area contributed by atoms with Crippen molar-refractivity contribution in [2.75, 3.05) is 5.32 Å². The molecule has 3 heterocycles. The van der Waals surface area contributed by atoms with Crippen LogP contribution in [0.3, 0.4) is 0 Å². The van der Waals surface area contributed by atoms with Gasteiger partial charge >= 0.3 is 0 Å². The van der Waals surface area contributed by atoms with E-state index in [-0.39, 0.29) is 5.69 Å². The third kappa shape index (κ3) is 3.78. The summed E-state index contributed by atoms with van der Waals surface area (Å²) >= 11 is 2.58. The van der Waals surface area contributed by atoms with Crippen LogP contribution >= 0.6 is 22.7 Å². The molecule has 0 fully saturated rings. The Morgan fingerprint density at radius 3 is 2.48 bits per heavy atom. The fourth-order valence-corrected chi connectivity index (χ4v) is 4.70. The maximum Gasteiger partial charge on any atom is 0.275 e. The largest absolute Gasteiger partial charge is 0.365 e. The number of nitrogens with one attached hydrogen (secondary N) is 1. The molecule has 7 nitrogen and oxygen atoms in total. The zero-order valence-corrected chi connectivity index (χ0v) is 16.9. The molecule has 29 heavy (non-hydrogen) atoms. The lowest BCUT2D eigenvalue weighted by Gasteiger charge is -2.06. The average Bonchev–Trinajstić information content (AvgIpc) is 3.34. The quantitative estimate of drug-likeness (QED) is 0.506. The third-order valence-corrected chi connectivity index (χ3v) is 5.97. The molecule has 3 N–H and O–H groups in total. The van der Waals surface area contributed by atoms with Crippen molar-refractivity contribution in [2.24, 2.45) is 5.73 Å². The summed E-state index contributed by atoms with van der Waals surface area (Å²) in [5, 5.41) is 5.36. The first-order chi connectivity index (χ1) is 14.0. The topological polar surface area (TPSA) is 111 Å². The van der Waals surface area contributed by atoms with Crippen molar-refractivity contribution in [3.05, 3.63) is 70.3 Å². The van der Waals surface area contributed by atoms with Crippen LogP contribution in [0.15, 0.2) is 54.2 Å².